The molecule has 1 heterocycles. The van der Waals surface area contributed by atoms with E-state index in [0.717, 1.165) is 55.7 Å². The van der Waals surface area contributed by atoms with Gasteiger partial charge in [0, 0.05) is 35.6 Å². The highest BCUT2D eigenvalue weighted by Crippen LogP contribution is 2.39. The fourth-order valence-corrected chi connectivity index (χ4v) is 4.65. The van der Waals surface area contributed by atoms with E-state index in [4.69, 9.17) is 0 Å². The van der Waals surface area contributed by atoms with E-state index in [-0.39, 0.29) is 16.4 Å². The minimum Gasteiger partial charge on any atom is -0.383 e. The first-order valence-electron chi connectivity index (χ1n) is 11.2. The van der Waals surface area contributed by atoms with Crippen LogP contribution in [0.2, 0.25) is 0 Å². The lowest BCUT2D eigenvalue weighted by Gasteiger charge is -2.41. The zero-order valence-electron chi connectivity index (χ0n) is 19.6. The zero-order valence-corrected chi connectivity index (χ0v) is 19.6. The molecular formula is C27H42N2. The molecule has 0 saturated carbocycles. The molecule has 29 heavy (non-hydrogen) atoms. The van der Waals surface area contributed by atoms with Crippen LogP contribution in [-0.2, 0) is 0 Å². The smallest absolute Gasteiger partial charge is 0.0675 e. The van der Waals surface area contributed by atoms with Gasteiger partial charge in [0.2, 0.25) is 0 Å². The lowest BCUT2D eigenvalue weighted by atomic mass is 9.73. The Morgan fingerprint density at radius 1 is 1.07 bits per heavy atom. The Kier molecular flexibility index (Phi) is 7.15. The molecule has 1 N–H and O–H groups in total. The molecule has 1 aliphatic carbocycles. The molecule has 0 aromatic carbocycles. The van der Waals surface area contributed by atoms with E-state index in [1.54, 1.807) is 0 Å². The first-order valence-corrected chi connectivity index (χ1v) is 11.2. The monoisotopic (exact) mass is 394 g/mol. The molecule has 1 atom stereocenters. The number of rotatable bonds is 8. The fourth-order valence-electron chi connectivity index (χ4n) is 4.65. The van der Waals surface area contributed by atoms with Gasteiger partial charge < -0.3 is 10.2 Å². The second-order valence-electron chi connectivity index (χ2n) is 10.6. The van der Waals surface area contributed by atoms with Gasteiger partial charge >= 0.3 is 0 Å². The third-order valence-electron chi connectivity index (χ3n) is 6.65. The van der Waals surface area contributed by atoms with Gasteiger partial charge in [-0.25, -0.2) is 0 Å². The number of likely N-dealkylation sites (tertiary alicyclic amines) is 1. The van der Waals surface area contributed by atoms with Crippen LogP contribution in [0.1, 0.15) is 86.0 Å². The molecule has 2 nitrogen and oxygen atoms in total. The van der Waals surface area contributed by atoms with E-state index in [1.807, 2.05) is 0 Å². The molecule has 160 valence electrons. The molecule has 2 aliphatic rings. The highest BCUT2D eigenvalue weighted by Gasteiger charge is 2.35. The van der Waals surface area contributed by atoms with Crippen LogP contribution in [0.15, 0.2) is 49.0 Å². The minimum atomic E-state index is -0.149. The van der Waals surface area contributed by atoms with Crippen LogP contribution in [-0.4, -0.2) is 17.0 Å². The van der Waals surface area contributed by atoms with Gasteiger partial charge in [-0.2, -0.15) is 0 Å². The van der Waals surface area contributed by atoms with Crippen molar-refractivity contribution in [1.29, 1.82) is 0 Å². The average Bonchev–Trinajstić information content (AvgIpc) is 2.88. The molecule has 0 aromatic rings. The third-order valence-corrected chi connectivity index (χ3v) is 6.65. The molecule has 0 amide bonds. The maximum absolute atomic E-state index is 4.45. The normalized spacial score (nSPS) is 23.1. The van der Waals surface area contributed by atoms with Crippen LogP contribution in [0.5, 0.6) is 0 Å². The second-order valence-corrected chi connectivity index (χ2v) is 10.6. The van der Waals surface area contributed by atoms with E-state index in [0.29, 0.717) is 0 Å². The standard InChI is InChI=1S/C27H42N2/c1-21(19-29-22(2)15-16-23(29)3)25(5,6)20-26(7,8)28-24(4)27(9)17-13-11-10-12-14-18-27/h28H,1-4,10-13,15-17,19-20H2,5-9H3. The van der Waals surface area contributed by atoms with Crippen molar-refractivity contribution in [2.45, 2.75) is 91.5 Å². The van der Waals surface area contributed by atoms with E-state index in [1.165, 1.54) is 24.8 Å². The Morgan fingerprint density at radius 3 is 2.31 bits per heavy atom. The highest BCUT2D eigenvalue weighted by atomic mass is 15.2. The topological polar surface area (TPSA) is 15.3 Å². The molecule has 1 aliphatic heterocycles. The van der Waals surface area contributed by atoms with Gasteiger partial charge in [0.15, 0.2) is 0 Å². The summed E-state index contributed by atoms with van der Waals surface area (Å²) in [6.07, 6.45) is 8.79. The number of hydrogen-bond donors (Lipinski definition) is 1. The molecule has 2 heteroatoms. The van der Waals surface area contributed by atoms with E-state index >= 15 is 0 Å². The molecule has 1 fully saturated rings. The minimum absolute atomic E-state index is 0.0204. The molecule has 2 rings (SSSR count). The van der Waals surface area contributed by atoms with Crippen LogP contribution >= 0.6 is 0 Å². The second kappa shape index (κ2) is 8.86. The Bertz CT molecular complexity index is 724. The van der Waals surface area contributed by atoms with Crippen molar-refractivity contribution in [1.82, 2.24) is 10.2 Å². The molecule has 0 aromatic heterocycles. The number of nitrogens with zero attached hydrogens (tertiary/aromatic N) is 1. The van der Waals surface area contributed by atoms with Crippen molar-refractivity contribution >= 4 is 0 Å². The Hall–Kier alpha value is -1.88. The summed E-state index contributed by atoms with van der Waals surface area (Å²) in [7, 11) is 0. The van der Waals surface area contributed by atoms with E-state index < -0.39 is 0 Å². The summed E-state index contributed by atoms with van der Waals surface area (Å²) < 4.78 is 0. The number of allylic oxidation sites excluding steroid dienone is 3. The van der Waals surface area contributed by atoms with Crippen molar-refractivity contribution in [2.24, 2.45) is 10.8 Å². The third kappa shape index (κ3) is 6.05. The fraction of sp³-hybridized carbons (Fsp3) is 0.630. The first kappa shape index (κ1) is 23.4. The highest BCUT2D eigenvalue weighted by molar-refractivity contribution is 5.26. The van der Waals surface area contributed by atoms with Crippen molar-refractivity contribution < 1.29 is 0 Å². The maximum Gasteiger partial charge on any atom is 0.0675 e. The van der Waals surface area contributed by atoms with E-state index in [2.05, 4.69) is 83.0 Å². The van der Waals surface area contributed by atoms with Crippen LogP contribution in [0.25, 0.3) is 0 Å². The lowest BCUT2D eigenvalue weighted by molar-refractivity contribution is 0.248. The summed E-state index contributed by atoms with van der Waals surface area (Å²) in [5.41, 5.74) is 4.33. The van der Waals surface area contributed by atoms with Gasteiger partial charge in [-0.1, -0.05) is 64.5 Å². The van der Waals surface area contributed by atoms with Gasteiger partial charge in [-0.15, -0.1) is 5.92 Å². The largest absolute Gasteiger partial charge is 0.383 e. The summed E-state index contributed by atoms with van der Waals surface area (Å²) in [5.74, 6) is 6.88. The lowest BCUT2D eigenvalue weighted by Crippen LogP contribution is -2.46. The SMILES string of the molecule is C=C1CCC(=C)N1CC(=C)C(C)(C)CC(C)(C)NC(=C)C1(C)C#CCCCCC1. The quantitative estimate of drug-likeness (QED) is 0.354. The predicted molar refractivity (Wildman–Crippen MR) is 127 cm³/mol. The Balaban J connectivity index is 2.04. The molecule has 0 bridgehead atoms. The summed E-state index contributed by atoms with van der Waals surface area (Å²) in [6.45, 7) is 29.4. The van der Waals surface area contributed by atoms with Gasteiger partial charge in [0.25, 0.3) is 0 Å². The van der Waals surface area contributed by atoms with Crippen LogP contribution in [0.3, 0.4) is 0 Å². The van der Waals surface area contributed by atoms with Crippen molar-refractivity contribution in [3.63, 3.8) is 0 Å². The van der Waals surface area contributed by atoms with Crippen LogP contribution < -0.4 is 5.32 Å². The first-order chi connectivity index (χ1) is 13.4. The van der Waals surface area contributed by atoms with Gasteiger partial charge in [0.1, 0.15) is 0 Å². The number of nitrogens with one attached hydrogen (secondary N) is 1. The molecule has 0 spiro atoms. The molecule has 1 saturated heterocycles. The Morgan fingerprint density at radius 2 is 1.69 bits per heavy atom. The molecule has 0 radical (unpaired) electrons. The van der Waals surface area contributed by atoms with E-state index in [9.17, 15) is 0 Å². The predicted octanol–water partition coefficient (Wildman–Crippen LogP) is 6.94. The average molecular weight is 395 g/mol. The van der Waals surface area contributed by atoms with Crippen LogP contribution in [0, 0.1) is 22.7 Å². The summed E-state index contributed by atoms with van der Waals surface area (Å²) >= 11 is 0. The van der Waals surface area contributed by atoms with Crippen LogP contribution in [0.4, 0.5) is 0 Å². The Labute approximate surface area is 180 Å². The number of hydrogen-bond acceptors (Lipinski definition) is 2. The van der Waals surface area contributed by atoms with Gasteiger partial charge in [-0.05, 0) is 58.3 Å². The summed E-state index contributed by atoms with van der Waals surface area (Å²) in [5, 5.41) is 3.75. The summed E-state index contributed by atoms with van der Waals surface area (Å²) in [4.78, 5) is 2.24. The van der Waals surface area contributed by atoms with Crippen molar-refractivity contribution in [2.75, 3.05) is 6.54 Å². The van der Waals surface area contributed by atoms with Gasteiger partial charge in [-0.3, -0.25) is 0 Å². The van der Waals surface area contributed by atoms with Gasteiger partial charge in [0.05, 0.1) is 5.41 Å². The summed E-state index contributed by atoms with van der Waals surface area (Å²) in [6, 6.07) is 0. The molecular weight excluding hydrogens is 352 g/mol. The maximum atomic E-state index is 4.45. The van der Waals surface area contributed by atoms with Crippen molar-refractivity contribution in [3.05, 3.63) is 49.0 Å². The molecule has 1 unspecified atom stereocenters. The zero-order chi connectivity index (χ0) is 21.9. The van der Waals surface area contributed by atoms with Crippen molar-refractivity contribution in [3.8, 4) is 11.8 Å².